The smallest absolute Gasteiger partial charge is 0.317 e. The average Bonchev–Trinajstić information content (AvgIpc) is 2.58. The third kappa shape index (κ3) is 23.9. The largest absolute Gasteiger partial charge is 0.481 e. The maximum absolute atomic E-state index is 10.3. The van der Waals surface area contributed by atoms with Crippen molar-refractivity contribution in [2.24, 2.45) is 5.92 Å². The molecule has 0 atom stereocenters. The van der Waals surface area contributed by atoms with Crippen LogP contribution in [0.1, 0.15) is 90.4 Å². The summed E-state index contributed by atoms with van der Waals surface area (Å²) in [6, 6.07) is 0. The molecule has 0 amide bonds. The summed E-state index contributed by atoms with van der Waals surface area (Å²) < 4.78 is 0. The molecule has 0 fully saturated rings. The number of unbranched alkanes of at least 4 members (excludes halogenated alkanes) is 10. The number of carbonyl (C=O) groups is 4. The molecule has 0 unspecified atom stereocenters. The fraction of sp³-hybridized carbons (Fsp3) is 0.789. The molecule has 158 valence electrons. The van der Waals surface area contributed by atoms with Gasteiger partial charge in [0.25, 0.3) is 0 Å². The zero-order valence-corrected chi connectivity index (χ0v) is 16.2. The van der Waals surface area contributed by atoms with Crippen LogP contribution in [0.15, 0.2) is 0 Å². The van der Waals surface area contributed by atoms with Crippen molar-refractivity contribution >= 4 is 23.9 Å². The van der Waals surface area contributed by atoms with Crippen LogP contribution in [0.2, 0.25) is 0 Å². The van der Waals surface area contributed by atoms with Gasteiger partial charge in [-0.2, -0.15) is 0 Å². The molecule has 0 radical (unpaired) electrons. The van der Waals surface area contributed by atoms with Crippen molar-refractivity contribution in [3.63, 3.8) is 0 Å². The second kappa shape index (κ2) is 18.7. The van der Waals surface area contributed by atoms with Crippen LogP contribution in [-0.2, 0) is 19.2 Å². The Hall–Kier alpha value is -2.12. The monoisotopic (exact) mass is 390 g/mol. The lowest BCUT2D eigenvalue weighted by Crippen LogP contribution is -2.19. The molecule has 0 saturated carbocycles. The molecule has 0 saturated heterocycles. The normalized spacial score (nSPS) is 10.1. The quantitative estimate of drug-likeness (QED) is 0.228. The van der Waals surface area contributed by atoms with Crippen molar-refractivity contribution in [3.05, 3.63) is 0 Å². The predicted molar refractivity (Wildman–Crippen MR) is 99.7 cm³/mol. The first-order chi connectivity index (χ1) is 12.7. The van der Waals surface area contributed by atoms with E-state index in [2.05, 4.69) is 0 Å². The van der Waals surface area contributed by atoms with Crippen LogP contribution in [0.5, 0.6) is 0 Å². The minimum Gasteiger partial charge on any atom is -0.481 e. The molecule has 0 heterocycles. The third-order valence-corrected chi connectivity index (χ3v) is 4.02. The topological polar surface area (TPSA) is 149 Å². The number of carboxylic acids is 4. The van der Waals surface area contributed by atoms with E-state index in [1.807, 2.05) is 0 Å². The van der Waals surface area contributed by atoms with E-state index in [1.54, 1.807) is 0 Å². The van der Waals surface area contributed by atoms with Crippen LogP contribution in [0.3, 0.4) is 0 Å². The highest BCUT2D eigenvalue weighted by atomic mass is 16.4. The maximum Gasteiger partial charge on any atom is 0.317 e. The zero-order chi connectivity index (χ0) is 21.1. The Morgan fingerprint density at radius 3 is 0.889 bits per heavy atom. The van der Waals surface area contributed by atoms with Crippen molar-refractivity contribution in [1.82, 2.24) is 0 Å². The van der Waals surface area contributed by atoms with Crippen molar-refractivity contribution < 1.29 is 39.6 Å². The molecule has 0 aromatic heterocycles. The SMILES string of the molecule is CC(C(=O)O)C(=O)O.O=C(O)CCCCCCCCCCCCCC(=O)O. The fourth-order valence-electron chi connectivity index (χ4n) is 2.25. The molecular weight excluding hydrogens is 356 g/mol. The summed E-state index contributed by atoms with van der Waals surface area (Å²) in [5, 5.41) is 32.9. The lowest BCUT2D eigenvalue weighted by atomic mass is 10.0. The molecule has 0 aliphatic carbocycles. The van der Waals surface area contributed by atoms with Crippen molar-refractivity contribution in [1.29, 1.82) is 0 Å². The summed E-state index contributed by atoms with van der Waals surface area (Å²) in [7, 11) is 0. The highest BCUT2D eigenvalue weighted by Crippen LogP contribution is 2.12. The summed E-state index contributed by atoms with van der Waals surface area (Å²) in [5.41, 5.74) is 0. The first-order valence-corrected chi connectivity index (χ1v) is 9.57. The minimum atomic E-state index is -1.31. The van der Waals surface area contributed by atoms with Gasteiger partial charge < -0.3 is 20.4 Å². The molecule has 0 aromatic carbocycles. The Balaban J connectivity index is 0. The van der Waals surface area contributed by atoms with Gasteiger partial charge in [-0.1, -0.05) is 57.8 Å². The van der Waals surface area contributed by atoms with Gasteiger partial charge in [0, 0.05) is 12.8 Å². The van der Waals surface area contributed by atoms with Gasteiger partial charge in [0.15, 0.2) is 5.92 Å². The van der Waals surface area contributed by atoms with Crippen LogP contribution < -0.4 is 0 Å². The predicted octanol–water partition coefficient (Wildman–Crippen LogP) is 4.02. The van der Waals surface area contributed by atoms with Gasteiger partial charge in [-0.3, -0.25) is 19.2 Å². The molecule has 8 heteroatoms. The second-order valence-corrected chi connectivity index (χ2v) is 6.57. The van der Waals surface area contributed by atoms with Gasteiger partial charge in [-0.05, 0) is 19.8 Å². The molecular formula is C19H34O8. The average molecular weight is 390 g/mol. The fourth-order valence-corrected chi connectivity index (χ4v) is 2.25. The number of rotatable bonds is 16. The van der Waals surface area contributed by atoms with Gasteiger partial charge in [0.1, 0.15) is 0 Å². The van der Waals surface area contributed by atoms with Crippen molar-refractivity contribution in [2.75, 3.05) is 0 Å². The summed E-state index contributed by atoms with van der Waals surface area (Å²) >= 11 is 0. The Morgan fingerprint density at radius 2 is 0.741 bits per heavy atom. The molecule has 0 spiro atoms. The van der Waals surface area contributed by atoms with E-state index in [-0.39, 0.29) is 0 Å². The van der Waals surface area contributed by atoms with Crippen LogP contribution in [0, 0.1) is 5.92 Å². The molecule has 0 bridgehead atoms. The van der Waals surface area contributed by atoms with E-state index < -0.39 is 29.8 Å². The van der Waals surface area contributed by atoms with Crippen LogP contribution in [-0.4, -0.2) is 44.3 Å². The van der Waals surface area contributed by atoms with E-state index in [1.165, 1.54) is 32.1 Å². The van der Waals surface area contributed by atoms with Crippen LogP contribution >= 0.6 is 0 Å². The number of aliphatic carboxylic acids is 4. The number of carboxylic acid groups (broad SMARTS) is 4. The molecule has 0 aliphatic rings. The van der Waals surface area contributed by atoms with Gasteiger partial charge in [0.05, 0.1) is 0 Å². The molecule has 8 nitrogen and oxygen atoms in total. The Labute approximate surface area is 160 Å². The van der Waals surface area contributed by atoms with Crippen LogP contribution in [0.4, 0.5) is 0 Å². The standard InChI is InChI=1S/C15H28O4.C4H6O4/c16-14(17)12-10-8-6-4-2-1-3-5-7-9-11-13-15(18)19;1-2(3(5)6)4(7)8/h1-13H2,(H,16,17)(H,18,19);2H,1H3,(H,5,6)(H,7,8). The summed E-state index contributed by atoms with van der Waals surface area (Å²) in [6.45, 7) is 1.12. The van der Waals surface area contributed by atoms with Gasteiger partial charge in [-0.25, -0.2) is 0 Å². The van der Waals surface area contributed by atoms with Gasteiger partial charge >= 0.3 is 23.9 Å². The molecule has 0 aliphatic heterocycles. The summed E-state index contributed by atoms with van der Waals surface area (Å²) in [5.74, 6) is -5.30. The van der Waals surface area contributed by atoms with E-state index in [4.69, 9.17) is 20.4 Å². The Kier molecular flexibility index (Phi) is 18.7. The highest BCUT2D eigenvalue weighted by Gasteiger charge is 2.18. The molecule has 0 aromatic rings. The Morgan fingerprint density at radius 1 is 0.519 bits per heavy atom. The van der Waals surface area contributed by atoms with E-state index >= 15 is 0 Å². The molecule has 4 N–H and O–H groups in total. The van der Waals surface area contributed by atoms with Crippen molar-refractivity contribution in [2.45, 2.75) is 90.4 Å². The zero-order valence-electron chi connectivity index (χ0n) is 16.2. The first-order valence-electron chi connectivity index (χ1n) is 9.57. The minimum absolute atomic E-state index is 0.302. The first kappa shape index (κ1) is 27.1. The summed E-state index contributed by atoms with van der Waals surface area (Å²) in [4.78, 5) is 40.1. The van der Waals surface area contributed by atoms with Crippen molar-refractivity contribution in [3.8, 4) is 0 Å². The highest BCUT2D eigenvalue weighted by molar-refractivity contribution is 5.92. The molecule has 27 heavy (non-hydrogen) atoms. The van der Waals surface area contributed by atoms with E-state index in [0.29, 0.717) is 12.8 Å². The Bertz CT molecular complexity index is 395. The maximum atomic E-state index is 10.3. The number of hydrogen-bond donors (Lipinski definition) is 4. The van der Waals surface area contributed by atoms with Gasteiger partial charge in [0.2, 0.25) is 0 Å². The lowest BCUT2D eigenvalue weighted by molar-refractivity contribution is -0.153. The lowest BCUT2D eigenvalue weighted by Gasteiger charge is -2.02. The third-order valence-electron chi connectivity index (χ3n) is 4.02. The molecule has 0 rings (SSSR count). The van der Waals surface area contributed by atoms with Crippen LogP contribution in [0.25, 0.3) is 0 Å². The van der Waals surface area contributed by atoms with Gasteiger partial charge in [-0.15, -0.1) is 0 Å². The van der Waals surface area contributed by atoms with E-state index in [0.717, 1.165) is 45.4 Å². The van der Waals surface area contributed by atoms with E-state index in [9.17, 15) is 19.2 Å². The number of hydrogen-bond acceptors (Lipinski definition) is 4. The second-order valence-electron chi connectivity index (χ2n) is 6.57. The summed E-state index contributed by atoms with van der Waals surface area (Å²) in [6.07, 6.45) is 12.7.